The summed E-state index contributed by atoms with van der Waals surface area (Å²) >= 11 is 0. The molecule has 0 aliphatic carbocycles. The van der Waals surface area contributed by atoms with Crippen molar-refractivity contribution in [3.8, 4) is 5.75 Å². The maximum atomic E-state index is 13.8. The second-order valence-electron chi connectivity index (χ2n) is 14.3. The lowest BCUT2D eigenvalue weighted by atomic mass is 9.95. The topological polar surface area (TPSA) is 110 Å². The zero-order valence-corrected chi connectivity index (χ0v) is 28.8. The number of aromatic nitrogens is 2. The Balaban J connectivity index is 1.12. The Labute approximate surface area is 281 Å². The number of likely N-dealkylation sites (tertiary alicyclic amines) is 1. The summed E-state index contributed by atoms with van der Waals surface area (Å²) in [6, 6.07) is 12.5. The molecule has 3 aromatic rings. The van der Waals surface area contributed by atoms with Gasteiger partial charge in [-0.15, -0.1) is 0 Å². The molecule has 1 unspecified atom stereocenters. The van der Waals surface area contributed by atoms with Gasteiger partial charge in [0, 0.05) is 59.3 Å². The van der Waals surface area contributed by atoms with Crippen LogP contribution in [0, 0.1) is 5.92 Å². The first kappa shape index (κ1) is 33.6. The third kappa shape index (κ3) is 6.94. The summed E-state index contributed by atoms with van der Waals surface area (Å²) < 4.78 is 14.0. The molecule has 12 heteroatoms. The number of anilines is 1. The first-order valence-corrected chi connectivity index (χ1v) is 17.1. The van der Waals surface area contributed by atoms with Crippen LogP contribution in [0.3, 0.4) is 0 Å². The molecule has 3 amide bonds. The number of benzene rings is 2. The number of imidazole rings is 1. The fourth-order valence-electron chi connectivity index (χ4n) is 7.28. The van der Waals surface area contributed by atoms with E-state index in [1.165, 1.54) is 4.90 Å². The Bertz CT molecular complexity index is 1710. The van der Waals surface area contributed by atoms with Crippen molar-refractivity contribution in [1.82, 2.24) is 23.8 Å². The minimum atomic E-state index is -0.756. The number of amides is 3. The Morgan fingerprint density at radius 1 is 0.896 bits per heavy atom. The molecule has 3 saturated heterocycles. The monoisotopic (exact) mass is 660 g/mol. The number of aryl methyl sites for hydroxylation is 1. The number of imide groups is 1. The van der Waals surface area contributed by atoms with Gasteiger partial charge in [-0.1, -0.05) is 18.2 Å². The maximum absolute atomic E-state index is 13.8. The minimum Gasteiger partial charge on any atom is -0.497 e. The second-order valence-corrected chi connectivity index (χ2v) is 14.3. The van der Waals surface area contributed by atoms with Gasteiger partial charge in [0.2, 0.25) is 5.91 Å². The van der Waals surface area contributed by atoms with E-state index in [4.69, 9.17) is 9.47 Å². The molecule has 48 heavy (non-hydrogen) atoms. The van der Waals surface area contributed by atoms with Gasteiger partial charge in [-0.2, -0.15) is 0 Å². The lowest BCUT2D eigenvalue weighted by molar-refractivity contribution is -0.151. The van der Waals surface area contributed by atoms with Gasteiger partial charge in [0.05, 0.1) is 30.4 Å². The summed E-state index contributed by atoms with van der Waals surface area (Å²) in [7, 11) is 3.36. The van der Waals surface area contributed by atoms with Gasteiger partial charge in [-0.25, -0.2) is 9.59 Å². The standard InChI is InChI=1S/C36H48N6O6/c1-36(2,3)48-35(46)40-21-19-38(20-22-40)23-26-15-17-39(18-16-26)28-7-6-8-29-32(28)37(4)34(45)42(29)30-13-14-31(43)41(33(30)44)24-25-9-11-27(47-5)12-10-25/h6-12,26,30H,13-24H2,1-5H3. The van der Waals surface area contributed by atoms with Crippen molar-refractivity contribution in [1.29, 1.82) is 0 Å². The number of nitrogens with zero attached hydrogens (tertiary/aromatic N) is 6. The summed E-state index contributed by atoms with van der Waals surface area (Å²) in [6.07, 6.45) is 2.30. The molecular formula is C36H48N6O6. The molecule has 0 N–H and O–H groups in total. The normalized spacial score (nSPS) is 20.1. The lowest BCUT2D eigenvalue weighted by Crippen LogP contribution is -2.51. The molecular weight excluding hydrogens is 612 g/mol. The van der Waals surface area contributed by atoms with E-state index in [1.54, 1.807) is 40.3 Å². The highest BCUT2D eigenvalue weighted by Gasteiger charge is 2.38. The van der Waals surface area contributed by atoms with Crippen LogP contribution in [0.25, 0.3) is 11.0 Å². The van der Waals surface area contributed by atoms with Crippen LogP contribution in [0.15, 0.2) is 47.3 Å². The largest absolute Gasteiger partial charge is 0.497 e. The number of fused-ring (bicyclic) bond motifs is 1. The number of methoxy groups -OCH3 is 1. The van der Waals surface area contributed by atoms with Gasteiger partial charge < -0.3 is 19.3 Å². The van der Waals surface area contributed by atoms with Gasteiger partial charge in [-0.3, -0.25) is 28.5 Å². The highest BCUT2D eigenvalue weighted by atomic mass is 16.6. The minimum absolute atomic E-state index is 0.150. The Hall–Kier alpha value is -4.32. The number of carbonyl (C=O) groups excluding carboxylic acids is 3. The van der Waals surface area contributed by atoms with Crippen LogP contribution in [0.1, 0.15) is 58.1 Å². The predicted octanol–water partition coefficient (Wildman–Crippen LogP) is 4.01. The van der Waals surface area contributed by atoms with Crippen molar-refractivity contribution in [3.63, 3.8) is 0 Å². The SMILES string of the molecule is COc1ccc(CN2C(=O)CCC(n3c(=O)n(C)c4c(N5CCC(CN6CCN(C(=O)OC(C)(C)C)CC6)CC5)cccc43)C2=O)cc1. The molecule has 0 saturated carbocycles. The Kier molecular flexibility index (Phi) is 9.55. The van der Waals surface area contributed by atoms with E-state index < -0.39 is 11.6 Å². The molecule has 1 aromatic heterocycles. The quantitative estimate of drug-likeness (QED) is 0.350. The van der Waals surface area contributed by atoms with E-state index in [1.807, 2.05) is 45.0 Å². The van der Waals surface area contributed by atoms with Gasteiger partial charge >= 0.3 is 11.8 Å². The van der Waals surface area contributed by atoms with E-state index in [0.717, 1.165) is 62.3 Å². The molecule has 2 aromatic carbocycles. The lowest BCUT2D eigenvalue weighted by Gasteiger charge is -2.39. The van der Waals surface area contributed by atoms with Crippen molar-refractivity contribution >= 4 is 34.6 Å². The van der Waals surface area contributed by atoms with Crippen LogP contribution in [-0.4, -0.2) is 100 Å². The molecule has 4 heterocycles. The second kappa shape index (κ2) is 13.7. The first-order chi connectivity index (χ1) is 22.9. The average molecular weight is 661 g/mol. The number of piperidine rings is 2. The summed E-state index contributed by atoms with van der Waals surface area (Å²) in [5.41, 5.74) is 2.58. The van der Waals surface area contributed by atoms with Crippen LogP contribution >= 0.6 is 0 Å². The number of carbonyl (C=O) groups is 3. The van der Waals surface area contributed by atoms with E-state index in [9.17, 15) is 19.2 Å². The number of hydrogen-bond acceptors (Lipinski definition) is 8. The highest BCUT2D eigenvalue weighted by molar-refractivity contribution is 6.00. The summed E-state index contributed by atoms with van der Waals surface area (Å²) in [4.78, 5) is 60.9. The molecule has 258 valence electrons. The molecule has 0 bridgehead atoms. The molecule has 12 nitrogen and oxygen atoms in total. The molecule has 6 rings (SSSR count). The van der Waals surface area contributed by atoms with E-state index >= 15 is 0 Å². The zero-order valence-electron chi connectivity index (χ0n) is 28.8. The van der Waals surface area contributed by atoms with E-state index in [0.29, 0.717) is 30.3 Å². The molecule has 3 aliphatic heterocycles. The number of hydrogen-bond donors (Lipinski definition) is 0. The van der Waals surface area contributed by atoms with Gasteiger partial charge in [0.1, 0.15) is 17.4 Å². The maximum Gasteiger partial charge on any atom is 0.410 e. The Morgan fingerprint density at radius 2 is 1.58 bits per heavy atom. The number of piperazine rings is 1. The molecule has 0 radical (unpaired) electrons. The highest BCUT2D eigenvalue weighted by Crippen LogP contribution is 2.34. The molecule has 0 spiro atoms. The van der Waals surface area contributed by atoms with Crippen molar-refractivity contribution < 1.29 is 23.9 Å². The van der Waals surface area contributed by atoms with Crippen LogP contribution < -0.4 is 15.3 Å². The third-order valence-corrected chi connectivity index (χ3v) is 9.87. The Morgan fingerprint density at radius 3 is 2.23 bits per heavy atom. The van der Waals surface area contributed by atoms with Crippen LogP contribution in [0.5, 0.6) is 5.75 Å². The van der Waals surface area contributed by atoms with Crippen LogP contribution in [0.2, 0.25) is 0 Å². The number of rotatable bonds is 7. The average Bonchev–Trinajstić information content (AvgIpc) is 3.32. The van der Waals surface area contributed by atoms with Crippen molar-refractivity contribution in [2.24, 2.45) is 13.0 Å². The fourth-order valence-corrected chi connectivity index (χ4v) is 7.28. The molecule has 3 aliphatic rings. The first-order valence-electron chi connectivity index (χ1n) is 17.1. The van der Waals surface area contributed by atoms with Gasteiger partial charge in [-0.05, 0) is 75.8 Å². The van der Waals surface area contributed by atoms with Crippen LogP contribution in [0.4, 0.5) is 10.5 Å². The fraction of sp³-hybridized carbons (Fsp3) is 0.556. The molecule has 1 atom stereocenters. The van der Waals surface area contributed by atoms with Crippen molar-refractivity contribution in [3.05, 3.63) is 58.5 Å². The van der Waals surface area contributed by atoms with Crippen molar-refractivity contribution in [2.75, 3.05) is 57.8 Å². The van der Waals surface area contributed by atoms with Gasteiger partial charge in [0.15, 0.2) is 0 Å². The summed E-state index contributed by atoms with van der Waals surface area (Å²) in [5, 5.41) is 0. The third-order valence-electron chi connectivity index (χ3n) is 9.87. The predicted molar refractivity (Wildman–Crippen MR) is 183 cm³/mol. The zero-order chi connectivity index (χ0) is 34.2. The number of para-hydroxylation sites is 1. The number of ether oxygens (including phenoxy) is 2. The molecule has 3 fully saturated rings. The summed E-state index contributed by atoms with van der Waals surface area (Å²) in [5.74, 6) is 0.671. The van der Waals surface area contributed by atoms with E-state index in [2.05, 4.69) is 15.9 Å². The van der Waals surface area contributed by atoms with Gasteiger partial charge in [0.25, 0.3) is 5.91 Å². The van der Waals surface area contributed by atoms with Crippen molar-refractivity contribution in [2.45, 2.75) is 64.6 Å². The van der Waals surface area contributed by atoms with E-state index in [-0.39, 0.29) is 43.0 Å². The summed E-state index contributed by atoms with van der Waals surface area (Å²) in [6.45, 7) is 11.6. The van der Waals surface area contributed by atoms with Crippen LogP contribution in [-0.2, 0) is 27.9 Å². The smallest absolute Gasteiger partial charge is 0.410 e.